The minimum atomic E-state index is -1.84. The molecular weight excluding hydrogens is 156 g/mol. The van der Waals surface area contributed by atoms with Crippen LogP contribution in [0.15, 0.2) is 0 Å². The zero-order chi connectivity index (χ0) is 8.59. The van der Waals surface area contributed by atoms with Gasteiger partial charge in [0.05, 0.1) is 0 Å². The van der Waals surface area contributed by atoms with Crippen LogP contribution in [0.4, 0.5) is 4.79 Å². The molecule has 1 fully saturated rings. The fraction of sp³-hybridized carbons (Fsp3) is 0.250. The Bertz CT molecular complexity index is 237. The van der Waals surface area contributed by atoms with Gasteiger partial charge < -0.3 is 10.3 Å². The number of carbonyl (C=O) groups is 3. The quantitative estimate of drug-likeness (QED) is 0.216. The maximum Gasteiger partial charge on any atom is 0.422 e. The minimum Gasteiger partial charge on any atom is -0.624 e. The van der Waals surface area contributed by atoms with E-state index >= 15 is 0 Å². The molecule has 1 heterocycles. The Kier molecular flexibility index (Phi) is 1.59. The molecule has 3 N–H and O–H groups in total. The number of imide groups is 1. The molecule has 0 aromatic heterocycles. The highest BCUT2D eigenvalue weighted by molar-refractivity contribution is 6.09. The molecule has 1 saturated heterocycles. The normalized spacial score (nSPS) is 30.3. The van der Waals surface area contributed by atoms with Gasteiger partial charge in [-0.1, -0.05) is 0 Å². The van der Waals surface area contributed by atoms with Crippen LogP contribution in [-0.4, -0.2) is 29.1 Å². The summed E-state index contributed by atoms with van der Waals surface area (Å²) in [6.07, 6.45) is 0. The number of hydroxylamine groups is 2. The van der Waals surface area contributed by atoms with Gasteiger partial charge in [-0.2, -0.15) is 0 Å². The fourth-order valence-electron chi connectivity index (χ4n) is 0.720. The second kappa shape index (κ2) is 2.29. The van der Waals surface area contributed by atoms with E-state index in [1.165, 1.54) is 0 Å². The van der Waals surface area contributed by atoms with E-state index in [2.05, 4.69) is 0 Å². The van der Waals surface area contributed by atoms with E-state index in [9.17, 15) is 19.6 Å². The highest BCUT2D eigenvalue weighted by Crippen LogP contribution is 1.85. The third kappa shape index (κ3) is 1.06. The lowest BCUT2D eigenvalue weighted by molar-refractivity contribution is -0.761. The van der Waals surface area contributed by atoms with Gasteiger partial charge in [0.15, 0.2) is 0 Å². The molecule has 2 atom stereocenters. The maximum atomic E-state index is 10.5. The Morgan fingerprint density at radius 1 is 1.64 bits per heavy atom. The summed E-state index contributed by atoms with van der Waals surface area (Å²) in [4.78, 5) is 31.0. The molecule has 0 saturated carbocycles. The number of hydrogen-bond donors (Lipinski definition) is 3. The van der Waals surface area contributed by atoms with Crippen molar-refractivity contribution >= 4 is 17.9 Å². The van der Waals surface area contributed by atoms with Crippen molar-refractivity contribution in [2.45, 2.75) is 6.04 Å². The Morgan fingerprint density at radius 3 is 2.36 bits per heavy atom. The first-order valence-corrected chi connectivity index (χ1v) is 2.66. The van der Waals surface area contributed by atoms with E-state index in [-0.39, 0.29) is 0 Å². The summed E-state index contributed by atoms with van der Waals surface area (Å²) in [7, 11) is 0. The lowest BCUT2D eigenvalue weighted by Gasteiger charge is -2.13. The van der Waals surface area contributed by atoms with Crippen LogP contribution in [0.3, 0.4) is 0 Å². The van der Waals surface area contributed by atoms with E-state index in [4.69, 9.17) is 5.11 Å². The van der Waals surface area contributed by atoms with Gasteiger partial charge in [-0.25, -0.2) is 14.9 Å². The highest BCUT2D eigenvalue weighted by Gasteiger charge is 2.44. The van der Waals surface area contributed by atoms with Gasteiger partial charge in [-0.3, -0.25) is 9.86 Å². The Morgan fingerprint density at radius 2 is 2.18 bits per heavy atom. The number of quaternary nitrogens is 1. The SMILES string of the molecule is O=C(O)C1C(=O)NC(=O)[NH+]1[O-]. The Labute approximate surface area is 60.2 Å². The molecule has 1 aliphatic heterocycles. The average Bonchev–Trinajstić information content (AvgIpc) is 2.07. The van der Waals surface area contributed by atoms with Crippen LogP contribution < -0.4 is 10.4 Å². The van der Waals surface area contributed by atoms with Crippen molar-refractivity contribution in [2.75, 3.05) is 0 Å². The van der Waals surface area contributed by atoms with Crippen molar-refractivity contribution in [3.05, 3.63) is 5.21 Å². The van der Waals surface area contributed by atoms with Crippen LogP contribution in [0.25, 0.3) is 0 Å². The zero-order valence-electron chi connectivity index (χ0n) is 5.16. The molecule has 0 aromatic carbocycles. The summed E-state index contributed by atoms with van der Waals surface area (Å²) >= 11 is 0. The number of amides is 3. The van der Waals surface area contributed by atoms with Gasteiger partial charge in [0.1, 0.15) is 0 Å². The number of carboxylic acid groups (broad SMARTS) is 1. The number of nitrogens with one attached hydrogen (secondary N) is 2. The predicted molar refractivity (Wildman–Crippen MR) is 29.3 cm³/mol. The fourth-order valence-corrected chi connectivity index (χ4v) is 0.720. The summed E-state index contributed by atoms with van der Waals surface area (Å²) in [5.74, 6) is -2.66. The molecule has 60 valence electrons. The van der Waals surface area contributed by atoms with E-state index in [0.717, 1.165) is 0 Å². The van der Waals surface area contributed by atoms with Crippen molar-refractivity contribution in [1.82, 2.24) is 5.32 Å². The molecule has 0 spiro atoms. The molecule has 0 radical (unpaired) electrons. The molecule has 0 bridgehead atoms. The molecule has 11 heavy (non-hydrogen) atoms. The lowest BCUT2D eigenvalue weighted by Crippen LogP contribution is -3.13. The number of carboxylic acids is 1. The van der Waals surface area contributed by atoms with Crippen molar-refractivity contribution < 1.29 is 24.6 Å². The summed E-state index contributed by atoms with van der Waals surface area (Å²) in [5, 5.41) is 19.2. The molecule has 0 aliphatic carbocycles. The number of hydrogen-bond acceptors (Lipinski definition) is 4. The average molecular weight is 160 g/mol. The van der Waals surface area contributed by atoms with Gasteiger partial charge in [0.25, 0.3) is 6.04 Å². The standard InChI is InChI=1S/C4H4N2O5/c7-2-1(3(8)9)6(11)4(10)5-2/h1,6H,(H,8,9)(H,5,7,10). The number of carbonyl (C=O) groups excluding carboxylic acids is 2. The van der Waals surface area contributed by atoms with Crippen LogP contribution >= 0.6 is 0 Å². The summed E-state index contributed by atoms with van der Waals surface area (Å²) in [6.45, 7) is 0. The molecule has 3 amide bonds. The summed E-state index contributed by atoms with van der Waals surface area (Å²) < 4.78 is 0. The molecule has 0 aromatic rings. The van der Waals surface area contributed by atoms with Crippen molar-refractivity contribution in [3.63, 3.8) is 0 Å². The first-order valence-electron chi connectivity index (χ1n) is 2.66. The second-order valence-corrected chi connectivity index (χ2v) is 1.95. The van der Waals surface area contributed by atoms with Gasteiger partial charge in [0.2, 0.25) is 0 Å². The van der Waals surface area contributed by atoms with Crippen LogP contribution in [0, 0.1) is 5.21 Å². The van der Waals surface area contributed by atoms with Crippen LogP contribution in [-0.2, 0) is 9.59 Å². The van der Waals surface area contributed by atoms with E-state index in [0.29, 0.717) is 0 Å². The van der Waals surface area contributed by atoms with E-state index in [1.807, 2.05) is 0 Å². The molecule has 7 heteroatoms. The van der Waals surface area contributed by atoms with E-state index in [1.54, 1.807) is 5.32 Å². The molecule has 7 nitrogen and oxygen atoms in total. The topological polar surface area (TPSA) is 111 Å². The molecule has 2 unspecified atom stereocenters. The minimum absolute atomic E-state index is 1.06. The van der Waals surface area contributed by atoms with Gasteiger partial charge in [-0.15, -0.1) is 0 Å². The number of rotatable bonds is 1. The van der Waals surface area contributed by atoms with E-state index < -0.39 is 29.0 Å². The number of aliphatic carboxylic acids is 1. The van der Waals surface area contributed by atoms with Gasteiger partial charge in [0, 0.05) is 0 Å². The first-order chi connectivity index (χ1) is 5.04. The predicted octanol–water partition coefficient (Wildman–Crippen LogP) is -2.93. The third-order valence-electron chi connectivity index (χ3n) is 1.23. The van der Waals surface area contributed by atoms with Crippen LogP contribution in [0.1, 0.15) is 0 Å². The first kappa shape index (κ1) is 7.63. The smallest absolute Gasteiger partial charge is 0.422 e. The van der Waals surface area contributed by atoms with Crippen molar-refractivity contribution in [3.8, 4) is 0 Å². The molecular formula is C4H4N2O5. The maximum absolute atomic E-state index is 10.5. The van der Waals surface area contributed by atoms with Crippen LogP contribution in [0.2, 0.25) is 0 Å². The van der Waals surface area contributed by atoms with Crippen molar-refractivity contribution in [1.29, 1.82) is 0 Å². The second-order valence-electron chi connectivity index (χ2n) is 1.95. The lowest BCUT2D eigenvalue weighted by atomic mass is 10.3. The summed E-state index contributed by atoms with van der Waals surface area (Å²) in [5.41, 5.74) is 0. The summed E-state index contributed by atoms with van der Waals surface area (Å²) in [6, 6.07) is -3.00. The largest absolute Gasteiger partial charge is 0.624 e. The Hall–Kier alpha value is -1.47. The molecule has 1 rings (SSSR count). The third-order valence-corrected chi connectivity index (χ3v) is 1.23. The van der Waals surface area contributed by atoms with Crippen molar-refractivity contribution in [2.24, 2.45) is 0 Å². The molecule has 1 aliphatic rings. The van der Waals surface area contributed by atoms with Crippen LogP contribution in [0.5, 0.6) is 0 Å². The Balaban J connectivity index is 2.88. The highest BCUT2D eigenvalue weighted by atomic mass is 16.5. The zero-order valence-corrected chi connectivity index (χ0v) is 5.16. The monoisotopic (exact) mass is 160 g/mol. The van der Waals surface area contributed by atoms with Gasteiger partial charge >= 0.3 is 17.9 Å². The number of urea groups is 1. The van der Waals surface area contributed by atoms with Gasteiger partial charge in [-0.05, 0) is 0 Å².